The van der Waals surface area contributed by atoms with E-state index in [2.05, 4.69) is 15.3 Å². The Morgan fingerprint density at radius 2 is 2.14 bits per heavy atom. The van der Waals surface area contributed by atoms with Crippen LogP contribution < -0.4 is 5.32 Å². The summed E-state index contributed by atoms with van der Waals surface area (Å²) in [6, 6.07) is 4.86. The summed E-state index contributed by atoms with van der Waals surface area (Å²) < 4.78 is 20.0. The van der Waals surface area contributed by atoms with Crippen LogP contribution in [0.15, 0.2) is 24.5 Å². The minimum Gasteiger partial charge on any atom is -0.381 e. The lowest BCUT2D eigenvalue weighted by atomic mass is 9.72. The van der Waals surface area contributed by atoms with Gasteiger partial charge in [-0.3, -0.25) is 4.79 Å². The van der Waals surface area contributed by atoms with E-state index in [0.29, 0.717) is 23.3 Å². The fourth-order valence-corrected chi connectivity index (χ4v) is 4.61. The van der Waals surface area contributed by atoms with Crippen molar-refractivity contribution in [3.05, 3.63) is 30.3 Å². The van der Waals surface area contributed by atoms with E-state index in [1.807, 2.05) is 18.7 Å². The molecule has 1 atom stereocenters. The van der Waals surface area contributed by atoms with Crippen LogP contribution in [-0.4, -0.2) is 53.6 Å². The number of nitrogens with one attached hydrogen (secondary N) is 1. The van der Waals surface area contributed by atoms with Crippen LogP contribution in [0.3, 0.4) is 0 Å². The van der Waals surface area contributed by atoms with E-state index in [4.69, 9.17) is 4.74 Å². The molecule has 1 aromatic heterocycles. The molecule has 0 aliphatic carbocycles. The number of carbonyl (C=O) groups excluding carboxylic acids is 1. The summed E-state index contributed by atoms with van der Waals surface area (Å²) in [4.78, 5) is 23.1. The summed E-state index contributed by atoms with van der Waals surface area (Å²) in [6.07, 6.45) is 3.35. The molecular formula is C21H27FN4O2. The van der Waals surface area contributed by atoms with Crippen LogP contribution in [0.1, 0.15) is 26.7 Å². The van der Waals surface area contributed by atoms with Crippen molar-refractivity contribution in [2.24, 2.45) is 17.3 Å². The van der Waals surface area contributed by atoms with Gasteiger partial charge < -0.3 is 15.0 Å². The molecule has 28 heavy (non-hydrogen) atoms. The number of rotatable bonds is 4. The maximum absolute atomic E-state index is 14.4. The standard InChI is InChI=1S/C21H27FN4O2/c1-14(2)20(27)26-11-15(21(12-26)6-8-28-9-7-21)10-23-19-18-16(22)4-3-5-17(18)24-13-25-19/h3-5,13-15H,6-12H2,1-2H3,(H,23,24,25). The minimum absolute atomic E-state index is 0.0106. The summed E-state index contributed by atoms with van der Waals surface area (Å²) in [6.45, 7) is 7.48. The van der Waals surface area contributed by atoms with E-state index < -0.39 is 0 Å². The second kappa shape index (κ2) is 7.62. The van der Waals surface area contributed by atoms with Gasteiger partial charge in [-0.25, -0.2) is 14.4 Å². The van der Waals surface area contributed by atoms with Gasteiger partial charge in [-0.05, 0) is 30.4 Å². The number of hydrogen-bond donors (Lipinski definition) is 1. The van der Waals surface area contributed by atoms with Crippen molar-refractivity contribution in [1.82, 2.24) is 14.9 Å². The third-order valence-electron chi connectivity index (χ3n) is 6.23. The monoisotopic (exact) mass is 386 g/mol. The first kappa shape index (κ1) is 19.1. The molecule has 2 aliphatic rings. The Balaban J connectivity index is 1.57. The van der Waals surface area contributed by atoms with E-state index in [-0.39, 0.29) is 29.0 Å². The van der Waals surface area contributed by atoms with Crippen molar-refractivity contribution >= 4 is 22.6 Å². The summed E-state index contributed by atoms with van der Waals surface area (Å²) in [5.74, 6) is 0.648. The lowest BCUT2D eigenvalue weighted by Crippen LogP contribution is -2.40. The van der Waals surface area contributed by atoms with Gasteiger partial charge in [-0.2, -0.15) is 0 Å². The van der Waals surface area contributed by atoms with Crippen molar-refractivity contribution in [1.29, 1.82) is 0 Å². The zero-order valence-corrected chi connectivity index (χ0v) is 16.4. The first-order valence-corrected chi connectivity index (χ1v) is 10.00. The number of fused-ring (bicyclic) bond motifs is 1. The molecule has 1 N–H and O–H groups in total. The Morgan fingerprint density at radius 3 is 2.89 bits per heavy atom. The number of benzene rings is 1. The molecule has 4 rings (SSSR count). The number of nitrogens with zero attached hydrogens (tertiary/aromatic N) is 3. The van der Waals surface area contributed by atoms with Crippen LogP contribution in [0, 0.1) is 23.1 Å². The summed E-state index contributed by atoms with van der Waals surface area (Å²) in [5, 5.41) is 3.78. The van der Waals surface area contributed by atoms with E-state index in [1.54, 1.807) is 12.1 Å². The number of amides is 1. The third kappa shape index (κ3) is 3.43. The van der Waals surface area contributed by atoms with E-state index in [9.17, 15) is 9.18 Å². The van der Waals surface area contributed by atoms with Crippen LogP contribution in [0.25, 0.3) is 10.9 Å². The molecule has 7 heteroatoms. The van der Waals surface area contributed by atoms with Gasteiger partial charge in [0.25, 0.3) is 0 Å². The Labute approximate surface area is 164 Å². The Hall–Kier alpha value is -2.28. The fourth-order valence-electron chi connectivity index (χ4n) is 4.61. The molecule has 0 bridgehead atoms. The predicted octanol–water partition coefficient (Wildman–Crippen LogP) is 3.09. The van der Waals surface area contributed by atoms with Gasteiger partial charge in [0.15, 0.2) is 0 Å². The zero-order chi connectivity index (χ0) is 19.7. The third-order valence-corrected chi connectivity index (χ3v) is 6.23. The Kier molecular flexibility index (Phi) is 5.19. The number of anilines is 1. The highest BCUT2D eigenvalue weighted by molar-refractivity contribution is 5.89. The summed E-state index contributed by atoms with van der Waals surface area (Å²) >= 11 is 0. The lowest BCUT2D eigenvalue weighted by Gasteiger charge is -2.38. The maximum Gasteiger partial charge on any atom is 0.225 e. The van der Waals surface area contributed by atoms with Gasteiger partial charge >= 0.3 is 0 Å². The fraction of sp³-hybridized carbons (Fsp3) is 0.571. The predicted molar refractivity (Wildman–Crippen MR) is 105 cm³/mol. The maximum atomic E-state index is 14.4. The van der Waals surface area contributed by atoms with Crippen LogP contribution in [-0.2, 0) is 9.53 Å². The van der Waals surface area contributed by atoms with Crippen molar-refractivity contribution < 1.29 is 13.9 Å². The summed E-state index contributed by atoms with van der Waals surface area (Å²) in [7, 11) is 0. The molecule has 1 aromatic carbocycles. The van der Waals surface area contributed by atoms with Gasteiger partial charge in [0.1, 0.15) is 18.0 Å². The average Bonchev–Trinajstić information content (AvgIpc) is 3.03. The molecule has 150 valence electrons. The van der Waals surface area contributed by atoms with Gasteiger partial charge in [0.2, 0.25) is 5.91 Å². The first-order chi connectivity index (χ1) is 13.5. The molecule has 2 aromatic rings. The van der Waals surface area contributed by atoms with Crippen LogP contribution >= 0.6 is 0 Å². The molecule has 3 heterocycles. The number of carbonyl (C=O) groups is 1. The molecule has 1 amide bonds. The SMILES string of the molecule is CC(C)C(=O)N1CC(CNc2ncnc3cccc(F)c23)C2(CCOCC2)C1. The summed E-state index contributed by atoms with van der Waals surface area (Å²) in [5.41, 5.74) is 0.637. The molecule has 1 unspecified atom stereocenters. The molecule has 1 spiro atoms. The number of likely N-dealkylation sites (tertiary alicyclic amines) is 1. The minimum atomic E-state index is -0.329. The molecular weight excluding hydrogens is 359 g/mol. The van der Waals surface area contributed by atoms with Crippen molar-refractivity contribution in [3.63, 3.8) is 0 Å². The van der Waals surface area contributed by atoms with Crippen molar-refractivity contribution in [3.8, 4) is 0 Å². The number of aromatic nitrogens is 2. The largest absolute Gasteiger partial charge is 0.381 e. The van der Waals surface area contributed by atoms with Gasteiger partial charge in [-0.15, -0.1) is 0 Å². The van der Waals surface area contributed by atoms with Gasteiger partial charge in [0, 0.05) is 44.7 Å². The molecule has 0 radical (unpaired) electrons. The van der Waals surface area contributed by atoms with Gasteiger partial charge in [0.05, 0.1) is 10.9 Å². The normalized spacial score (nSPS) is 21.6. The zero-order valence-electron chi connectivity index (χ0n) is 16.4. The number of halogens is 1. The van der Waals surface area contributed by atoms with Crippen LogP contribution in [0.2, 0.25) is 0 Å². The quantitative estimate of drug-likeness (QED) is 0.875. The topological polar surface area (TPSA) is 67.4 Å². The highest BCUT2D eigenvalue weighted by Gasteiger charge is 2.48. The van der Waals surface area contributed by atoms with Crippen LogP contribution in [0.4, 0.5) is 10.2 Å². The second-order valence-electron chi connectivity index (χ2n) is 8.28. The Morgan fingerprint density at radius 1 is 1.36 bits per heavy atom. The first-order valence-electron chi connectivity index (χ1n) is 10.00. The average molecular weight is 386 g/mol. The molecule has 2 fully saturated rings. The van der Waals surface area contributed by atoms with E-state index >= 15 is 0 Å². The van der Waals surface area contributed by atoms with Gasteiger partial charge in [-0.1, -0.05) is 19.9 Å². The van der Waals surface area contributed by atoms with E-state index in [0.717, 1.165) is 39.1 Å². The molecule has 0 saturated carbocycles. The second-order valence-corrected chi connectivity index (χ2v) is 8.28. The smallest absolute Gasteiger partial charge is 0.225 e. The Bertz CT molecular complexity index is 861. The van der Waals surface area contributed by atoms with Crippen LogP contribution in [0.5, 0.6) is 0 Å². The van der Waals surface area contributed by atoms with Crippen molar-refractivity contribution in [2.45, 2.75) is 26.7 Å². The molecule has 2 saturated heterocycles. The molecule has 2 aliphatic heterocycles. The highest BCUT2D eigenvalue weighted by atomic mass is 19.1. The number of ether oxygens (including phenoxy) is 1. The lowest BCUT2D eigenvalue weighted by molar-refractivity contribution is -0.134. The van der Waals surface area contributed by atoms with Crippen molar-refractivity contribution in [2.75, 3.05) is 38.2 Å². The highest BCUT2D eigenvalue weighted by Crippen LogP contribution is 2.44. The molecule has 6 nitrogen and oxygen atoms in total. The number of hydrogen-bond acceptors (Lipinski definition) is 5. The van der Waals surface area contributed by atoms with E-state index in [1.165, 1.54) is 12.4 Å².